The molecule has 0 radical (unpaired) electrons. The van der Waals surface area contributed by atoms with E-state index < -0.39 is 0 Å². The lowest BCUT2D eigenvalue weighted by atomic mass is 9.94. The largest absolute Gasteiger partial charge is 0.207 e. The first-order valence-corrected chi connectivity index (χ1v) is 5.94. The molecule has 2 unspecified atom stereocenters. The topological polar surface area (TPSA) is 0 Å². The van der Waals surface area contributed by atoms with Crippen molar-refractivity contribution in [2.45, 2.75) is 32.1 Å². The standard InChI is InChI=1S/C12H15Cl2F/c1-3-9(8(2)13)7-10-11(14)5-4-6-12(10)15/h4-6,8-9H,3,7H2,1-2H3. The summed E-state index contributed by atoms with van der Waals surface area (Å²) in [5.74, 6) is 0.0272. The third-order valence-electron chi connectivity index (χ3n) is 2.70. The molecule has 0 aliphatic rings. The molecule has 0 aliphatic carbocycles. The van der Waals surface area contributed by atoms with Crippen LogP contribution in [0.4, 0.5) is 4.39 Å². The molecule has 0 N–H and O–H groups in total. The fourth-order valence-corrected chi connectivity index (χ4v) is 2.13. The van der Waals surface area contributed by atoms with Crippen LogP contribution in [-0.2, 0) is 6.42 Å². The lowest BCUT2D eigenvalue weighted by Crippen LogP contribution is -2.14. The van der Waals surface area contributed by atoms with Gasteiger partial charge in [-0.05, 0) is 31.4 Å². The fourth-order valence-electron chi connectivity index (χ4n) is 1.62. The summed E-state index contributed by atoms with van der Waals surface area (Å²) in [4.78, 5) is 0. The fraction of sp³-hybridized carbons (Fsp3) is 0.500. The number of hydrogen-bond acceptors (Lipinski definition) is 0. The number of halogens is 3. The van der Waals surface area contributed by atoms with Gasteiger partial charge < -0.3 is 0 Å². The second-order valence-electron chi connectivity index (χ2n) is 3.75. The predicted octanol–water partition coefficient (Wildman–Crippen LogP) is 4.68. The zero-order valence-corrected chi connectivity index (χ0v) is 10.4. The molecule has 0 fully saturated rings. The van der Waals surface area contributed by atoms with Crippen LogP contribution in [0.3, 0.4) is 0 Å². The Morgan fingerprint density at radius 3 is 2.53 bits per heavy atom. The summed E-state index contributed by atoms with van der Waals surface area (Å²) in [6.45, 7) is 3.99. The summed E-state index contributed by atoms with van der Waals surface area (Å²) in [6, 6.07) is 4.77. The van der Waals surface area contributed by atoms with Gasteiger partial charge in [0.1, 0.15) is 5.82 Å². The maximum atomic E-state index is 13.5. The number of alkyl halides is 1. The van der Waals surface area contributed by atoms with Crippen LogP contribution in [0.2, 0.25) is 5.02 Å². The molecule has 15 heavy (non-hydrogen) atoms. The first-order chi connectivity index (χ1) is 7.06. The van der Waals surface area contributed by atoms with Crippen molar-refractivity contribution in [3.8, 4) is 0 Å². The minimum atomic E-state index is -0.238. The molecule has 0 saturated heterocycles. The highest BCUT2D eigenvalue weighted by Gasteiger charge is 2.17. The van der Waals surface area contributed by atoms with Gasteiger partial charge in [0.2, 0.25) is 0 Å². The molecule has 0 bridgehead atoms. The van der Waals surface area contributed by atoms with E-state index in [0.717, 1.165) is 6.42 Å². The monoisotopic (exact) mass is 248 g/mol. The first-order valence-electron chi connectivity index (χ1n) is 5.13. The second-order valence-corrected chi connectivity index (χ2v) is 4.85. The minimum Gasteiger partial charge on any atom is -0.207 e. The summed E-state index contributed by atoms with van der Waals surface area (Å²) in [5.41, 5.74) is 0.582. The SMILES string of the molecule is CCC(Cc1c(F)cccc1Cl)C(C)Cl. The lowest BCUT2D eigenvalue weighted by molar-refractivity contribution is 0.482. The van der Waals surface area contributed by atoms with E-state index in [-0.39, 0.29) is 17.1 Å². The number of benzene rings is 1. The van der Waals surface area contributed by atoms with Crippen LogP contribution in [0.5, 0.6) is 0 Å². The van der Waals surface area contributed by atoms with Crippen LogP contribution in [0.1, 0.15) is 25.8 Å². The molecule has 0 saturated carbocycles. The summed E-state index contributed by atoms with van der Waals surface area (Å²) in [7, 11) is 0. The van der Waals surface area contributed by atoms with Crippen molar-refractivity contribution in [2.24, 2.45) is 5.92 Å². The van der Waals surface area contributed by atoms with Gasteiger partial charge in [-0.3, -0.25) is 0 Å². The van der Waals surface area contributed by atoms with Crippen LogP contribution in [0.15, 0.2) is 18.2 Å². The van der Waals surface area contributed by atoms with Crippen LogP contribution in [0, 0.1) is 11.7 Å². The second kappa shape index (κ2) is 5.72. The van der Waals surface area contributed by atoms with Gasteiger partial charge in [-0.15, -0.1) is 11.6 Å². The van der Waals surface area contributed by atoms with Crippen LogP contribution in [0.25, 0.3) is 0 Å². The van der Waals surface area contributed by atoms with E-state index >= 15 is 0 Å². The maximum Gasteiger partial charge on any atom is 0.127 e. The van der Waals surface area contributed by atoms with E-state index in [4.69, 9.17) is 23.2 Å². The number of hydrogen-bond donors (Lipinski definition) is 0. The van der Waals surface area contributed by atoms with Crippen molar-refractivity contribution < 1.29 is 4.39 Å². The van der Waals surface area contributed by atoms with Gasteiger partial charge in [-0.25, -0.2) is 4.39 Å². The van der Waals surface area contributed by atoms with Gasteiger partial charge in [-0.1, -0.05) is 31.0 Å². The van der Waals surface area contributed by atoms with Crippen molar-refractivity contribution in [3.63, 3.8) is 0 Å². The summed E-state index contributed by atoms with van der Waals surface area (Å²) < 4.78 is 13.5. The van der Waals surface area contributed by atoms with Crippen LogP contribution >= 0.6 is 23.2 Å². The first kappa shape index (κ1) is 12.8. The summed E-state index contributed by atoms with van der Waals surface area (Å²) in [6.07, 6.45) is 1.53. The van der Waals surface area contributed by atoms with Gasteiger partial charge in [-0.2, -0.15) is 0 Å². The molecule has 0 heterocycles. The van der Waals surface area contributed by atoms with E-state index in [0.29, 0.717) is 17.0 Å². The Bertz CT molecular complexity index is 303. The quantitative estimate of drug-likeness (QED) is 0.680. The normalized spacial score (nSPS) is 15.0. The smallest absolute Gasteiger partial charge is 0.127 e. The van der Waals surface area contributed by atoms with E-state index in [1.165, 1.54) is 6.07 Å². The zero-order valence-electron chi connectivity index (χ0n) is 8.93. The highest BCUT2D eigenvalue weighted by Crippen LogP contribution is 2.26. The van der Waals surface area contributed by atoms with Gasteiger partial charge in [0, 0.05) is 16.0 Å². The van der Waals surface area contributed by atoms with E-state index in [1.54, 1.807) is 12.1 Å². The maximum absolute atomic E-state index is 13.5. The summed E-state index contributed by atoms with van der Waals surface area (Å²) >= 11 is 12.0. The Balaban J connectivity index is 2.87. The van der Waals surface area contributed by atoms with Gasteiger partial charge in [0.15, 0.2) is 0 Å². The molecule has 0 spiro atoms. The van der Waals surface area contributed by atoms with Crippen molar-refractivity contribution in [2.75, 3.05) is 0 Å². The van der Waals surface area contributed by atoms with Gasteiger partial charge in [0.05, 0.1) is 0 Å². The molecular formula is C12H15Cl2F. The van der Waals surface area contributed by atoms with E-state index in [9.17, 15) is 4.39 Å². The van der Waals surface area contributed by atoms with Gasteiger partial charge >= 0.3 is 0 Å². The molecule has 1 aromatic rings. The molecule has 0 amide bonds. The molecule has 84 valence electrons. The zero-order chi connectivity index (χ0) is 11.4. The Kier molecular flexibility index (Phi) is 4.88. The van der Waals surface area contributed by atoms with Crippen LogP contribution in [-0.4, -0.2) is 5.38 Å². The van der Waals surface area contributed by atoms with Crippen LogP contribution < -0.4 is 0 Å². The Morgan fingerprint density at radius 2 is 2.07 bits per heavy atom. The van der Waals surface area contributed by atoms with Crippen molar-refractivity contribution in [1.82, 2.24) is 0 Å². The molecule has 0 aromatic heterocycles. The molecule has 2 atom stereocenters. The average Bonchev–Trinajstić information content (AvgIpc) is 2.17. The Morgan fingerprint density at radius 1 is 1.40 bits per heavy atom. The third kappa shape index (κ3) is 3.35. The average molecular weight is 249 g/mol. The van der Waals surface area contributed by atoms with Gasteiger partial charge in [0.25, 0.3) is 0 Å². The summed E-state index contributed by atoms with van der Waals surface area (Å²) in [5, 5.41) is 0.524. The van der Waals surface area contributed by atoms with E-state index in [1.807, 2.05) is 6.92 Å². The molecule has 3 heteroatoms. The minimum absolute atomic E-state index is 0.0330. The molecule has 1 aromatic carbocycles. The molecular weight excluding hydrogens is 234 g/mol. The molecule has 0 nitrogen and oxygen atoms in total. The van der Waals surface area contributed by atoms with Crippen molar-refractivity contribution >= 4 is 23.2 Å². The Hall–Kier alpha value is -0.270. The van der Waals surface area contributed by atoms with E-state index in [2.05, 4.69) is 6.92 Å². The third-order valence-corrected chi connectivity index (χ3v) is 3.41. The molecule has 0 aliphatic heterocycles. The van der Waals surface area contributed by atoms with Crippen molar-refractivity contribution in [3.05, 3.63) is 34.6 Å². The lowest BCUT2D eigenvalue weighted by Gasteiger charge is -2.18. The Labute approximate surface area is 100 Å². The number of rotatable bonds is 4. The highest BCUT2D eigenvalue weighted by molar-refractivity contribution is 6.31. The predicted molar refractivity (Wildman–Crippen MR) is 64.2 cm³/mol. The highest BCUT2D eigenvalue weighted by atomic mass is 35.5. The molecule has 1 rings (SSSR count). The van der Waals surface area contributed by atoms with Crippen molar-refractivity contribution in [1.29, 1.82) is 0 Å².